The van der Waals surface area contributed by atoms with Gasteiger partial charge in [0.05, 0.1) is 5.69 Å². The van der Waals surface area contributed by atoms with Crippen LogP contribution in [0.5, 0.6) is 5.75 Å². The highest BCUT2D eigenvalue weighted by Gasteiger charge is 2.07. The third-order valence-electron chi connectivity index (χ3n) is 3.17. The molecule has 0 saturated heterocycles. The Kier molecular flexibility index (Phi) is 4.23. The zero-order valence-corrected chi connectivity index (χ0v) is 12.1. The molecule has 0 amide bonds. The third-order valence-corrected chi connectivity index (χ3v) is 3.17. The van der Waals surface area contributed by atoms with Crippen molar-refractivity contribution in [2.45, 2.75) is 33.7 Å². The minimum Gasteiger partial charge on any atom is -0.508 e. The summed E-state index contributed by atoms with van der Waals surface area (Å²) in [5, 5.41) is 14.3. The molecule has 0 atom stereocenters. The Labute approximate surface area is 118 Å². The van der Waals surface area contributed by atoms with Gasteiger partial charge in [0, 0.05) is 18.2 Å². The van der Waals surface area contributed by atoms with Gasteiger partial charge in [-0.15, -0.1) is 0 Å². The molecule has 106 valence electrons. The van der Waals surface area contributed by atoms with Crippen LogP contribution in [0.15, 0.2) is 35.1 Å². The molecule has 0 aliphatic carbocycles. The fraction of sp³-hybridized carbons (Fsp3) is 0.375. The van der Waals surface area contributed by atoms with E-state index in [-0.39, 0.29) is 11.3 Å². The number of phenols is 1. The van der Waals surface area contributed by atoms with Crippen molar-refractivity contribution in [3.8, 4) is 17.0 Å². The average molecular weight is 272 g/mol. The smallest absolute Gasteiger partial charge is 0.266 e. The molecule has 2 rings (SSSR count). The fourth-order valence-electron chi connectivity index (χ4n) is 2.10. The predicted molar refractivity (Wildman–Crippen MR) is 79.8 cm³/mol. The second kappa shape index (κ2) is 5.90. The summed E-state index contributed by atoms with van der Waals surface area (Å²) in [6.07, 6.45) is 0.784. The van der Waals surface area contributed by atoms with Gasteiger partial charge in [0.2, 0.25) is 0 Å². The minimum absolute atomic E-state index is 0.100. The minimum atomic E-state index is -0.100. The average Bonchev–Trinajstić information content (AvgIpc) is 2.40. The topological polar surface area (TPSA) is 55.1 Å². The molecule has 0 fully saturated rings. The maximum Gasteiger partial charge on any atom is 0.266 e. The number of aromatic nitrogens is 2. The van der Waals surface area contributed by atoms with E-state index in [1.807, 2.05) is 32.9 Å². The van der Waals surface area contributed by atoms with E-state index < -0.39 is 0 Å². The van der Waals surface area contributed by atoms with E-state index in [4.69, 9.17) is 0 Å². The number of rotatable bonds is 4. The number of nitrogens with zero attached hydrogens (tertiary/aromatic N) is 2. The summed E-state index contributed by atoms with van der Waals surface area (Å²) in [5.41, 5.74) is 2.32. The lowest BCUT2D eigenvalue weighted by atomic mass is 10.1. The van der Waals surface area contributed by atoms with Crippen molar-refractivity contribution in [1.29, 1.82) is 0 Å². The second-order valence-corrected chi connectivity index (χ2v) is 5.33. The van der Waals surface area contributed by atoms with Gasteiger partial charge in [-0.25, -0.2) is 4.68 Å². The van der Waals surface area contributed by atoms with Gasteiger partial charge < -0.3 is 5.11 Å². The van der Waals surface area contributed by atoms with Crippen LogP contribution in [0, 0.1) is 5.92 Å². The van der Waals surface area contributed by atoms with Crippen LogP contribution in [-0.2, 0) is 13.0 Å². The predicted octanol–water partition coefficient (Wildman–Crippen LogP) is 2.83. The van der Waals surface area contributed by atoms with Crippen LogP contribution in [0.25, 0.3) is 11.3 Å². The normalized spacial score (nSPS) is 11.0. The third kappa shape index (κ3) is 3.07. The summed E-state index contributed by atoms with van der Waals surface area (Å²) in [5.74, 6) is 0.625. The molecule has 0 spiro atoms. The van der Waals surface area contributed by atoms with Crippen LogP contribution < -0.4 is 5.56 Å². The molecule has 0 saturated carbocycles. The number of hydrogen-bond donors (Lipinski definition) is 1. The molecule has 2 aromatic rings. The van der Waals surface area contributed by atoms with Crippen molar-refractivity contribution in [2.75, 3.05) is 0 Å². The highest BCUT2D eigenvalue weighted by Crippen LogP contribution is 2.25. The lowest BCUT2D eigenvalue weighted by Gasteiger charge is -2.10. The van der Waals surface area contributed by atoms with Crippen molar-refractivity contribution in [3.63, 3.8) is 0 Å². The zero-order valence-electron chi connectivity index (χ0n) is 12.1. The highest BCUT2D eigenvalue weighted by atomic mass is 16.3. The van der Waals surface area contributed by atoms with Crippen LogP contribution >= 0.6 is 0 Å². The van der Waals surface area contributed by atoms with Crippen LogP contribution in [0.2, 0.25) is 0 Å². The largest absolute Gasteiger partial charge is 0.508 e. The summed E-state index contributed by atoms with van der Waals surface area (Å²) in [4.78, 5) is 11.8. The SMILES string of the molecule is CCc1ccc(-c2ccc(=O)n(CC(C)C)n2)cc1O. The Bertz CT molecular complexity index is 660. The first-order chi connectivity index (χ1) is 9.51. The fourth-order valence-corrected chi connectivity index (χ4v) is 2.10. The van der Waals surface area contributed by atoms with E-state index in [2.05, 4.69) is 5.10 Å². The van der Waals surface area contributed by atoms with Gasteiger partial charge in [-0.2, -0.15) is 5.10 Å². The summed E-state index contributed by atoms with van der Waals surface area (Å²) in [6.45, 7) is 6.67. The molecular formula is C16H20N2O2. The summed E-state index contributed by atoms with van der Waals surface area (Å²) < 4.78 is 1.48. The molecule has 0 bridgehead atoms. The zero-order chi connectivity index (χ0) is 14.7. The van der Waals surface area contributed by atoms with E-state index >= 15 is 0 Å². The Morgan fingerprint density at radius 2 is 2.00 bits per heavy atom. The molecule has 0 radical (unpaired) electrons. The van der Waals surface area contributed by atoms with Gasteiger partial charge in [-0.1, -0.05) is 32.9 Å². The number of benzene rings is 1. The van der Waals surface area contributed by atoms with Crippen molar-refractivity contribution < 1.29 is 5.11 Å². The number of aryl methyl sites for hydroxylation is 1. The molecule has 1 aromatic heterocycles. The van der Waals surface area contributed by atoms with Gasteiger partial charge in [-0.05, 0) is 30.0 Å². The molecule has 4 nitrogen and oxygen atoms in total. The van der Waals surface area contributed by atoms with Crippen molar-refractivity contribution in [1.82, 2.24) is 9.78 Å². The van der Waals surface area contributed by atoms with Gasteiger partial charge in [0.25, 0.3) is 5.56 Å². The van der Waals surface area contributed by atoms with E-state index in [1.54, 1.807) is 12.1 Å². The molecule has 1 N–H and O–H groups in total. The van der Waals surface area contributed by atoms with Gasteiger partial charge in [0.15, 0.2) is 0 Å². The Morgan fingerprint density at radius 3 is 2.60 bits per heavy atom. The Balaban J connectivity index is 2.42. The lowest BCUT2D eigenvalue weighted by molar-refractivity contribution is 0.464. The van der Waals surface area contributed by atoms with Crippen molar-refractivity contribution >= 4 is 0 Å². The number of hydrogen-bond acceptors (Lipinski definition) is 3. The molecule has 1 aromatic carbocycles. The maximum atomic E-state index is 11.8. The van der Waals surface area contributed by atoms with E-state index in [9.17, 15) is 9.90 Å². The monoisotopic (exact) mass is 272 g/mol. The van der Waals surface area contributed by atoms with Gasteiger partial charge in [-0.3, -0.25) is 4.79 Å². The van der Waals surface area contributed by atoms with E-state index in [1.165, 1.54) is 10.7 Å². The Hall–Kier alpha value is -2.10. The molecule has 0 aliphatic heterocycles. The summed E-state index contributed by atoms with van der Waals surface area (Å²) in [7, 11) is 0. The van der Waals surface area contributed by atoms with Crippen molar-refractivity contribution in [3.05, 3.63) is 46.2 Å². The molecule has 0 unspecified atom stereocenters. The molecule has 4 heteroatoms. The van der Waals surface area contributed by atoms with Gasteiger partial charge >= 0.3 is 0 Å². The highest BCUT2D eigenvalue weighted by molar-refractivity contribution is 5.61. The first-order valence-corrected chi connectivity index (χ1v) is 6.91. The van der Waals surface area contributed by atoms with E-state index in [0.29, 0.717) is 18.2 Å². The molecule has 0 aliphatic rings. The Morgan fingerprint density at radius 1 is 1.25 bits per heavy atom. The van der Waals surface area contributed by atoms with Crippen LogP contribution in [0.3, 0.4) is 0 Å². The summed E-state index contributed by atoms with van der Waals surface area (Å²) >= 11 is 0. The number of phenolic OH excluding ortho intramolecular Hbond substituents is 1. The lowest BCUT2D eigenvalue weighted by Crippen LogP contribution is -2.24. The molecule has 20 heavy (non-hydrogen) atoms. The standard InChI is InChI=1S/C16H20N2O2/c1-4-12-5-6-13(9-15(12)19)14-7-8-16(20)18(17-14)10-11(2)3/h5-9,11,19H,4,10H2,1-3H3. The molecule has 1 heterocycles. The molecular weight excluding hydrogens is 252 g/mol. The van der Waals surface area contributed by atoms with Crippen LogP contribution in [0.4, 0.5) is 0 Å². The second-order valence-electron chi connectivity index (χ2n) is 5.33. The van der Waals surface area contributed by atoms with Crippen molar-refractivity contribution in [2.24, 2.45) is 5.92 Å². The first-order valence-electron chi connectivity index (χ1n) is 6.91. The first kappa shape index (κ1) is 14.3. The number of aromatic hydroxyl groups is 1. The van der Waals surface area contributed by atoms with E-state index in [0.717, 1.165) is 17.5 Å². The quantitative estimate of drug-likeness (QED) is 0.931. The maximum absolute atomic E-state index is 11.8. The summed E-state index contributed by atoms with van der Waals surface area (Å²) in [6, 6.07) is 8.73. The van der Waals surface area contributed by atoms with Crippen LogP contribution in [-0.4, -0.2) is 14.9 Å². The van der Waals surface area contributed by atoms with Crippen LogP contribution in [0.1, 0.15) is 26.3 Å². The van der Waals surface area contributed by atoms with Gasteiger partial charge in [0.1, 0.15) is 5.75 Å².